The van der Waals surface area contributed by atoms with Crippen LogP contribution in [-0.2, 0) is 6.42 Å². The van der Waals surface area contributed by atoms with Gasteiger partial charge in [-0.15, -0.1) is 0 Å². The lowest BCUT2D eigenvalue weighted by atomic mass is 9.73. The van der Waals surface area contributed by atoms with Crippen LogP contribution in [0.4, 0.5) is 0 Å². The molecule has 3 nitrogen and oxygen atoms in total. The lowest BCUT2D eigenvalue weighted by Gasteiger charge is -2.45. The van der Waals surface area contributed by atoms with E-state index in [2.05, 4.69) is 0 Å². The molecule has 1 N–H and O–H groups in total. The minimum absolute atomic E-state index is 0.135. The van der Waals surface area contributed by atoms with Gasteiger partial charge in [0.1, 0.15) is 17.1 Å². The van der Waals surface area contributed by atoms with Crippen molar-refractivity contribution in [3.8, 4) is 11.5 Å². The van der Waals surface area contributed by atoms with E-state index in [1.54, 1.807) is 0 Å². The van der Waals surface area contributed by atoms with E-state index in [4.69, 9.17) is 4.74 Å². The van der Waals surface area contributed by atoms with Crippen LogP contribution in [0.5, 0.6) is 11.5 Å². The summed E-state index contributed by atoms with van der Waals surface area (Å²) >= 11 is 0. The molecule has 3 heteroatoms. The first-order chi connectivity index (χ1) is 8.99. The van der Waals surface area contributed by atoms with Crippen molar-refractivity contribution in [2.75, 3.05) is 0 Å². The van der Waals surface area contributed by atoms with Crippen molar-refractivity contribution >= 4 is 5.78 Å². The summed E-state index contributed by atoms with van der Waals surface area (Å²) in [5.41, 5.74) is 2.87. The van der Waals surface area contributed by atoms with E-state index in [9.17, 15) is 9.90 Å². The van der Waals surface area contributed by atoms with E-state index < -0.39 is 0 Å². The van der Waals surface area contributed by atoms with Gasteiger partial charge in [-0.1, -0.05) is 6.92 Å². The zero-order valence-corrected chi connectivity index (χ0v) is 11.8. The van der Waals surface area contributed by atoms with Gasteiger partial charge in [0, 0.05) is 5.56 Å². The molecule has 1 heterocycles. The standard InChI is InChI=1S/C16H20O3/c1-4-11-13-12(17)8-16(6-5-7-16)19-15(13)10(3)9(2)14(11)18/h18H,4-8H2,1-3H3. The maximum atomic E-state index is 12.5. The largest absolute Gasteiger partial charge is 0.507 e. The molecule has 1 aliphatic heterocycles. The highest BCUT2D eigenvalue weighted by atomic mass is 16.5. The molecule has 1 fully saturated rings. The second-order valence-corrected chi connectivity index (χ2v) is 5.87. The number of Topliss-reactive ketones (excluding diaryl/α,β-unsaturated/α-hetero) is 1. The van der Waals surface area contributed by atoms with Gasteiger partial charge in [-0.3, -0.25) is 4.79 Å². The summed E-state index contributed by atoms with van der Waals surface area (Å²) in [6.07, 6.45) is 4.20. The Morgan fingerprint density at radius 2 is 1.95 bits per heavy atom. The normalized spacial score (nSPS) is 19.8. The number of hydrogen-bond donors (Lipinski definition) is 1. The Labute approximate surface area is 113 Å². The molecule has 3 rings (SSSR count). The lowest BCUT2D eigenvalue weighted by molar-refractivity contribution is -0.0185. The molecule has 2 aliphatic rings. The highest BCUT2D eigenvalue weighted by Gasteiger charge is 2.46. The van der Waals surface area contributed by atoms with Crippen molar-refractivity contribution in [3.63, 3.8) is 0 Å². The molecule has 0 radical (unpaired) electrons. The molecule has 0 bridgehead atoms. The summed E-state index contributed by atoms with van der Waals surface area (Å²) in [5.74, 6) is 1.12. The Hall–Kier alpha value is -1.51. The predicted octanol–water partition coefficient (Wildman–Crippen LogP) is 3.46. The summed E-state index contributed by atoms with van der Waals surface area (Å²) < 4.78 is 6.20. The third-order valence-corrected chi connectivity index (χ3v) is 4.77. The average Bonchev–Trinajstić information content (AvgIpc) is 2.35. The maximum absolute atomic E-state index is 12.5. The lowest BCUT2D eigenvalue weighted by Crippen LogP contribution is -2.48. The van der Waals surface area contributed by atoms with Crippen molar-refractivity contribution < 1.29 is 14.6 Å². The zero-order valence-electron chi connectivity index (χ0n) is 11.8. The van der Waals surface area contributed by atoms with E-state index in [0.717, 1.165) is 41.7 Å². The van der Waals surface area contributed by atoms with Crippen molar-refractivity contribution in [2.45, 2.75) is 58.5 Å². The Morgan fingerprint density at radius 3 is 2.47 bits per heavy atom. The number of carbonyl (C=O) groups is 1. The van der Waals surface area contributed by atoms with Crippen LogP contribution in [0.25, 0.3) is 0 Å². The Morgan fingerprint density at radius 1 is 1.26 bits per heavy atom. The predicted molar refractivity (Wildman–Crippen MR) is 73.1 cm³/mol. The molecule has 0 amide bonds. The monoisotopic (exact) mass is 260 g/mol. The van der Waals surface area contributed by atoms with Crippen LogP contribution in [0.3, 0.4) is 0 Å². The van der Waals surface area contributed by atoms with E-state index >= 15 is 0 Å². The molecule has 1 aromatic carbocycles. The number of phenols is 1. The molecular formula is C16H20O3. The first kappa shape index (κ1) is 12.5. The van der Waals surface area contributed by atoms with Crippen molar-refractivity contribution in [2.24, 2.45) is 0 Å². The maximum Gasteiger partial charge on any atom is 0.171 e. The van der Waals surface area contributed by atoms with Crippen LogP contribution in [-0.4, -0.2) is 16.5 Å². The van der Waals surface area contributed by atoms with Crippen molar-refractivity contribution in [3.05, 3.63) is 22.3 Å². The number of hydrogen-bond acceptors (Lipinski definition) is 3. The smallest absolute Gasteiger partial charge is 0.171 e. The average molecular weight is 260 g/mol. The SMILES string of the molecule is CCc1c(O)c(C)c(C)c2c1C(=O)CC1(CCC1)O2. The molecule has 19 heavy (non-hydrogen) atoms. The van der Waals surface area contributed by atoms with Gasteiger partial charge in [-0.05, 0) is 50.7 Å². The summed E-state index contributed by atoms with van der Waals surface area (Å²) in [4.78, 5) is 12.5. The minimum Gasteiger partial charge on any atom is -0.507 e. The Balaban J connectivity index is 2.23. The van der Waals surface area contributed by atoms with Gasteiger partial charge >= 0.3 is 0 Å². The number of phenolic OH excluding ortho intramolecular Hbond substituents is 1. The molecule has 0 saturated heterocycles. The summed E-state index contributed by atoms with van der Waals surface area (Å²) in [7, 11) is 0. The molecule has 1 aliphatic carbocycles. The van der Waals surface area contributed by atoms with Crippen molar-refractivity contribution in [1.29, 1.82) is 0 Å². The summed E-state index contributed by atoms with van der Waals surface area (Å²) in [6, 6.07) is 0. The fourth-order valence-corrected chi connectivity index (χ4v) is 3.27. The number of carbonyl (C=O) groups excluding carboxylic acids is 1. The van der Waals surface area contributed by atoms with Gasteiger partial charge in [0.2, 0.25) is 0 Å². The van der Waals surface area contributed by atoms with Gasteiger partial charge in [0.15, 0.2) is 5.78 Å². The minimum atomic E-state index is -0.247. The number of ether oxygens (including phenoxy) is 1. The fourth-order valence-electron chi connectivity index (χ4n) is 3.27. The third-order valence-electron chi connectivity index (χ3n) is 4.77. The van der Waals surface area contributed by atoms with Crippen LogP contribution < -0.4 is 4.74 Å². The number of benzene rings is 1. The fraction of sp³-hybridized carbons (Fsp3) is 0.562. The van der Waals surface area contributed by atoms with Gasteiger partial charge < -0.3 is 9.84 Å². The van der Waals surface area contributed by atoms with Crippen LogP contribution in [0.2, 0.25) is 0 Å². The van der Waals surface area contributed by atoms with Crippen LogP contribution in [0, 0.1) is 13.8 Å². The molecule has 0 aromatic heterocycles. The van der Waals surface area contributed by atoms with Gasteiger partial charge in [0.05, 0.1) is 12.0 Å². The first-order valence-electron chi connectivity index (χ1n) is 7.06. The van der Waals surface area contributed by atoms with Crippen LogP contribution >= 0.6 is 0 Å². The summed E-state index contributed by atoms with van der Waals surface area (Å²) in [6.45, 7) is 5.78. The number of fused-ring (bicyclic) bond motifs is 1. The van der Waals surface area contributed by atoms with Crippen LogP contribution in [0.15, 0.2) is 0 Å². The van der Waals surface area contributed by atoms with E-state index in [0.29, 0.717) is 18.4 Å². The summed E-state index contributed by atoms with van der Waals surface area (Å²) in [5, 5.41) is 10.2. The third kappa shape index (κ3) is 1.60. The molecule has 0 atom stereocenters. The molecular weight excluding hydrogens is 240 g/mol. The molecule has 1 saturated carbocycles. The highest BCUT2D eigenvalue weighted by Crippen LogP contribution is 2.49. The molecule has 0 unspecified atom stereocenters. The van der Waals surface area contributed by atoms with Gasteiger partial charge in [-0.25, -0.2) is 0 Å². The van der Waals surface area contributed by atoms with Gasteiger partial charge in [0.25, 0.3) is 0 Å². The van der Waals surface area contributed by atoms with E-state index in [1.807, 2.05) is 20.8 Å². The van der Waals surface area contributed by atoms with E-state index in [1.165, 1.54) is 0 Å². The Bertz CT molecular complexity index is 568. The molecule has 102 valence electrons. The Kier molecular flexibility index (Phi) is 2.63. The number of rotatable bonds is 1. The topological polar surface area (TPSA) is 46.5 Å². The van der Waals surface area contributed by atoms with Crippen molar-refractivity contribution in [1.82, 2.24) is 0 Å². The van der Waals surface area contributed by atoms with Gasteiger partial charge in [-0.2, -0.15) is 0 Å². The first-order valence-corrected chi connectivity index (χ1v) is 7.06. The quantitative estimate of drug-likeness (QED) is 0.841. The van der Waals surface area contributed by atoms with E-state index in [-0.39, 0.29) is 17.1 Å². The molecule has 1 spiro atoms. The van der Waals surface area contributed by atoms with Crippen LogP contribution in [0.1, 0.15) is 59.7 Å². The number of ketones is 1. The zero-order chi connectivity index (χ0) is 13.8. The second-order valence-electron chi connectivity index (χ2n) is 5.87. The highest BCUT2D eigenvalue weighted by molar-refractivity contribution is 6.03. The molecule has 1 aromatic rings. The number of aromatic hydroxyl groups is 1. The second kappa shape index (κ2) is 3.99.